The number of aromatic nitrogens is 2. The molecule has 2 rings (SSSR count). The predicted molar refractivity (Wildman–Crippen MR) is 53.5 cm³/mol. The number of benzene rings is 1. The van der Waals surface area contributed by atoms with E-state index in [1.54, 1.807) is 13.1 Å². The van der Waals surface area contributed by atoms with Crippen molar-refractivity contribution < 1.29 is 4.39 Å². The van der Waals surface area contributed by atoms with E-state index in [0.29, 0.717) is 11.3 Å². The highest BCUT2D eigenvalue weighted by molar-refractivity contribution is 5.89. The third-order valence-electron chi connectivity index (χ3n) is 1.91. The molecule has 4 nitrogen and oxygen atoms in total. The van der Waals surface area contributed by atoms with Crippen molar-refractivity contribution in [2.24, 2.45) is 0 Å². The fourth-order valence-electron chi connectivity index (χ4n) is 1.31. The van der Waals surface area contributed by atoms with Gasteiger partial charge in [0, 0.05) is 18.5 Å². The van der Waals surface area contributed by atoms with Crippen molar-refractivity contribution in [3.8, 4) is 0 Å². The first-order valence-corrected chi connectivity index (χ1v) is 4.11. The summed E-state index contributed by atoms with van der Waals surface area (Å²) >= 11 is 0. The van der Waals surface area contributed by atoms with E-state index in [4.69, 9.17) is 5.73 Å². The van der Waals surface area contributed by atoms with Gasteiger partial charge in [-0.1, -0.05) is 0 Å². The molecule has 72 valence electrons. The lowest BCUT2D eigenvalue weighted by molar-refractivity contribution is 0.629. The minimum Gasteiger partial charge on any atom is -0.372 e. The lowest BCUT2D eigenvalue weighted by Gasteiger charge is -2.05. The third kappa shape index (κ3) is 1.32. The molecule has 2 aromatic rings. The standard InChI is InChI=1S/C9H9FN4/c1-12-8-6-3-2-5(10)4-7(6)13-9(11)14-8/h2-4H,1H3,(H3,11,12,13,14). The van der Waals surface area contributed by atoms with Gasteiger partial charge in [-0.25, -0.2) is 9.37 Å². The van der Waals surface area contributed by atoms with E-state index in [0.717, 1.165) is 5.39 Å². The minimum atomic E-state index is -0.336. The Balaban J connectivity index is 2.81. The van der Waals surface area contributed by atoms with Gasteiger partial charge in [0.2, 0.25) is 5.95 Å². The van der Waals surface area contributed by atoms with E-state index in [1.807, 2.05) is 0 Å². The molecule has 0 amide bonds. The summed E-state index contributed by atoms with van der Waals surface area (Å²) < 4.78 is 12.9. The monoisotopic (exact) mass is 192 g/mol. The molecule has 0 spiro atoms. The molecule has 0 saturated carbocycles. The molecular weight excluding hydrogens is 183 g/mol. The zero-order valence-electron chi connectivity index (χ0n) is 7.58. The van der Waals surface area contributed by atoms with Crippen LogP contribution in [0, 0.1) is 5.82 Å². The van der Waals surface area contributed by atoms with E-state index in [-0.39, 0.29) is 11.8 Å². The highest BCUT2D eigenvalue weighted by atomic mass is 19.1. The second-order valence-electron chi connectivity index (χ2n) is 2.84. The van der Waals surface area contributed by atoms with Gasteiger partial charge in [0.15, 0.2) is 0 Å². The van der Waals surface area contributed by atoms with Gasteiger partial charge in [-0.3, -0.25) is 0 Å². The predicted octanol–water partition coefficient (Wildman–Crippen LogP) is 1.39. The van der Waals surface area contributed by atoms with Gasteiger partial charge >= 0.3 is 0 Å². The van der Waals surface area contributed by atoms with Gasteiger partial charge in [-0.05, 0) is 12.1 Å². The third-order valence-corrected chi connectivity index (χ3v) is 1.91. The number of fused-ring (bicyclic) bond motifs is 1. The number of nitrogens with zero attached hydrogens (tertiary/aromatic N) is 2. The smallest absolute Gasteiger partial charge is 0.222 e. The summed E-state index contributed by atoms with van der Waals surface area (Å²) in [5, 5.41) is 3.63. The van der Waals surface area contributed by atoms with Crippen LogP contribution in [0.2, 0.25) is 0 Å². The average molecular weight is 192 g/mol. The van der Waals surface area contributed by atoms with Crippen LogP contribution in [0.3, 0.4) is 0 Å². The molecule has 0 aliphatic heterocycles. The Morgan fingerprint density at radius 3 is 2.86 bits per heavy atom. The van der Waals surface area contributed by atoms with E-state index in [9.17, 15) is 4.39 Å². The highest BCUT2D eigenvalue weighted by Crippen LogP contribution is 2.21. The van der Waals surface area contributed by atoms with Crippen molar-refractivity contribution in [1.29, 1.82) is 0 Å². The molecule has 0 unspecified atom stereocenters. The molecule has 0 bridgehead atoms. The number of halogens is 1. The van der Waals surface area contributed by atoms with Crippen LogP contribution in [0.25, 0.3) is 10.9 Å². The molecule has 14 heavy (non-hydrogen) atoms. The molecule has 0 radical (unpaired) electrons. The molecule has 5 heteroatoms. The Hall–Kier alpha value is -1.91. The molecular formula is C9H9FN4. The first-order chi connectivity index (χ1) is 6.70. The molecule has 0 fully saturated rings. The maximum absolute atomic E-state index is 12.9. The lowest BCUT2D eigenvalue weighted by atomic mass is 10.2. The van der Waals surface area contributed by atoms with Gasteiger partial charge in [0.1, 0.15) is 11.6 Å². The number of rotatable bonds is 1. The van der Waals surface area contributed by atoms with Gasteiger partial charge in [-0.2, -0.15) is 4.98 Å². The molecule has 0 aliphatic rings. The molecule has 3 N–H and O–H groups in total. The molecule has 1 aromatic carbocycles. The Kier molecular flexibility index (Phi) is 1.92. The molecule has 1 heterocycles. The normalized spacial score (nSPS) is 10.4. The highest BCUT2D eigenvalue weighted by Gasteiger charge is 2.04. The topological polar surface area (TPSA) is 63.8 Å². The Labute approximate surface area is 80.0 Å². The van der Waals surface area contributed by atoms with Crippen molar-refractivity contribution in [1.82, 2.24) is 9.97 Å². The first kappa shape index (κ1) is 8.68. The summed E-state index contributed by atoms with van der Waals surface area (Å²) in [6, 6.07) is 4.31. The van der Waals surface area contributed by atoms with Crippen molar-refractivity contribution in [3.63, 3.8) is 0 Å². The van der Waals surface area contributed by atoms with Crippen LogP contribution >= 0.6 is 0 Å². The van der Waals surface area contributed by atoms with E-state index in [1.165, 1.54) is 12.1 Å². The Morgan fingerprint density at radius 2 is 2.14 bits per heavy atom. The van der Waals surface area contributed by atoms with Crippen LogP contribution < -0.4 is 11.1 Å². The van der Waals surface area contributed by atoms with Crippen LogP contribution in [0.1, 0.15) is 0 Å². The van der Waals surface area contributed by atoms with Crippen LogP contribution in [-0.4, -0.2) is 17.0 Å². The maximum atomic E-state index is 12.9. The summed E-state index contributed by atoms with van der Waals surface area (Å²) in [7, 11) is 1.73. The second-order valence-corrected chi connectivity index (χ2v) is 2.84. The first-order valence-electron chi connectivity index (χ1n) is 4.11. The largest absolute Gasteiger partial charge is 0.372 e. The van der Waals surface area contributed by atoms with E-state index < -0.39 is 0 Å². The Bertz CT molecular complexity index is 478. The summed E-state index contributed by atoms with van der Waals surface area (Å²) in [6.45, 7) is 0. The zero-order chi connectivity index (χ0) is 10.1. The summed E-state index contributed by atoms with van der Waals surface area (Å²) in [5.41, 5.74) is 5.97. The molecule has 0 saturated heterocycles. The number of nitrogens with one attached hydrogen (secondary N) is 1. The van der Waals surface area contributed by atoms with Crippen LogP contribution in [0.4, 0.5) is 16.2 Å². The molecule has 0 atom stereocenters. The quantitative estimate of drug-likeness (QED) is 0.716. The number of anilines is 2. The molecule has 1 aromatic heterocycles. The van der Waals surface area contributed by atoms with Crippen LogP contribution in [-0.2, 0) is 0 Å². The minimum absolute atomic E-state index is 0.132. The number of nitrogen functional groups attached to an aromatic ring is 1. The summed E-state index contributed by atoms with van der Waals surface area (Å²) in [6.07, 6.45) is 0. The van der Waals surface area contributed by atoms with Crippen molar-refractivity contribution in [2.45, 2.75) is 0 Å². The van der Waals surface area contributed by atoms with E-state index in [2.05, 4.69) is 15.3 Å². The average Bonchev–Trinajstić information content (AvgIpc) is 2.15. The van der Waals surface area contributed by atoms with Gasteiger partial charge < -0.3 is 11.1 Å². The fraction of sp³-hybridized carbons (Fsp3) is 0.111. The summed E-state index contributed by atoms with van der Waals surface area (Å²) in [5.74, 6) is 0.401. The van der Waals surface area contributed by atoms with Crippen molar-refractivity contribution in [3.05, 3.63) is 24.0 Å². The number of nitrogens with two attached hydrogens (primary N) is 1. The van der Waals surface area contributed by atoms with Gasteiger partial charge in [-0.15, -0.1) is 0 Å². The van der Waals surface area contributed by atoms with Gasteiger partial charge in [0.25, 0.3) is 0 Å². The number of hydrogen-bond donors (Lipinski definition) is 2. The van der Waals surface area contributed by atoms with Gasteiger partial charge in [0.05, 0.1) is 5.52 Å². The zero-order valence-corrected chi connectivity index (χ0v) is 7.58. The van der Waals surface area contributed by atoms with Crippen molar-refractivity contribution >= 4 is 22.7 Å². The second kappa shape index (κ2) is 3.10. The van der Waals surface area contributed by atoms with Crippen LogP contribution in [0.15, 0.2) is 18.2 Å². The lowest BCUT2D eigenvalue weighted by Crippen LogP contribution is -2.01. The maximum Gasteiger partial charge on any atom is 0.222 e. The summed E-state index contributed by atoms with van der Waals surface area (Å²) in [4.78, 5) is 7.91. The van der Waals surface area contributed by atoms with E-state index >= 15 is 0 Å². The molecule has 0 aliphatic carbocycles. The fourth-order valence-corrected chi connectivity index (χ4v) is 1.31. The number of hydrogen-bond acceptors (Lipinski definition) is 4. The van der Waals surface area contributed by atoms with Crippen LogP contribution in [0.5, 0.6) is 0 Å². The Morgan fingerprint density at radius 1 is 1.36 bits per heavy atom. The SMILES string of the molecule is CNc1nc(N)nc2cc(F)ccc12. The van der Waals surface area contributed by atoms with Crippen molar-refractivity contribution in [2.75, 3.05) is 18.1 Å².